The zero-order chi connectivity index (χ0) is 22.5. The van der Waals surface area contributed by atoms with Crippen molar-refractivity contribution in [3.05, 3.63) is 100 Å². The summed E-state index contributed by atoms with van der Waals surface area (Å²) in [6.07, 6.45) is 1.79. The second-order valence-electron chi connectivity index (χ2n) is 7.04. The van der Waals surface area contributed by atoms with Gasteiger partial charge in [-0.2, -0.15) is 0 Å². The largest absolute Gasteiger partial charge is 0.493 e. The van der Waals surface area contributed by atoms with Crippen LogP contribution >= 0.6 is 24.0 Å². The van der Waals surface area contributed by atoms with Crippen LogP contribution in [0, 0.1) is 5.82 Å². The molecule has 1 aliphatic rings. The Hall–Kier alpha value is -3.16. The predicted octanol–water partition coefficient (Wildman–Crippen LogP) is 5.81. The van der Waals surface area contributed by atoms with Crippen molar-refractivity contribution in [2.75, 3.05) is 7.11 Å². The summed E-state index contributed by atoms with van der Waals surface area (Å²) < 4.78 is 25.6. The maximum atomic E-state index is 13.8. The van der Waals surface area contributed by atoms with E-state index in [9.17, 15) is 9.18 Å². The Kier molecular flexibility index (Phi) is 6.87. The molecule has 1 saturated heterocycles. The lowest BCUT2D eigenvalue weighted by molar-refractivity contribution is -0.122. The van der Waals surface area contributed by atoms with Crippen LogP contribution in [0.3, 0.4) is 0 Å². The fraction of sp³-hybridized carbons (Fsp3) is 0.120. The van der Waals surface area contributed by atoms with E-state index in [1.54, 1.807) is 41.3 Å². The van der Waals surface area contributed by atoms with Gasteiger partial charge in [0.15, 0.2) is 11.5 Å². The van der Waals surface area contributed by atoms with Crippen LogP contribution in [-0.2, 0) is 17.9 Å². The molecule has 0 unspecified atom stereocenters. The highest BCUT2D eigenvalue weighted by Gasteiger charge is 2.32. The van der Waals surface area contributed by atoms with Crippen molar-refractivity contribution in [3.63, 3.8) is 0 Å². The average molecular weight is 466 g/mol. The number of hydrogen-bond donors (Lipinski definition) is 0. The second kappa shape index (κ2) is 9.97. The molecule has 7 heteroatoms. The maximum Gasteiger partial charge on any atom is 0.266 e. The minimum Gasteiger partial charge on any atom is -0.493 e. The van der Waals surface area contributed by atoms with Gasteiger partial charge in [-0.25, -0.2) is 4.39 Å². The van der Waals surface area contributed by atoms with Gasteiger partial charge < -0.3 is 9.47 Å². The Labute approximate surface area is 195 Å². The van der Waals surface area contributed by atoms with Crippen LogP contribution in [0.25, 0.3) is 6.08 Å². The fourth-order valence-electron chi connectivity index (χ4n) is 3.22. The zero-order valence-electron chi connectivity index (χ0n) is 17.3. The highest BCUT2D eigenvalue weighted by molar-refractivity contribution is 8.26. The monoisotopic (exact) mass is 465 g/mol. The number of ether oxygens (including phenoxy) is 2. The Morgan fingerprint density at radius 3 is 2.53 bits per heavy atom. The van der Waals surface area contributed by atoms with E-state index in [4.69, 9.17) is 21.7 Å². The summed E-state index contributed by atoms with van der Waals surface area (Å²) in [6, 6.07) is 21.5. The molecule has 0 atom stereocenters. The summed E-state index contributed by atoms with van der Waals surface area (Å²) in [4.78, 5) is 15.0. The first kappa shape index (κ1) is 22.0. The Balaban J connectivity index is 1.49. The van der Waals surface area contributed by atoms with Crippen molar-refractivity contribution >= 4 is 40.3 Å². The van der Waals surface area contributed by atoms with Crippen molar-refractivity contribution in [2.24, 2.45) is 0 Å². The number of amides is 1. The lowest BCUT2D eigenvalue weighted by Crippen LogP contribution is -2.27. The molecule has 162 valence electrons. The lowest BCUT2D eigenvalue weighted by Gasteiger charge is -2.14. The first-order valence-corrected chi connectivity index (χ1v) is 11.1. The highest BCUT2D eigenvalue weighted by atomic mass is 32.2. The van der Waals surface area contributed by atoms with Gasteiger partial charge in [-0.05, 0) is 35.4 Å². The number of methoxy groups -OCH3 is 1. The van der Waals surface area contributed by atoms with Gasteiger partial charge in [0.25, 0.3) is 5.91 Å². The number of hydrogen-bond acceptors (Lipinski definition) is 5. The van der Waals surface area contributed by atoms with Crippen molar-refractivity contribution in [3.8, 4) is 11.5 Å². The van der Waals surface area contributed by atoms with Gasteiger partial charge in [-0.15, -0.1) is 0 Å². The van der Waals surface area contributed by atoms with Crippen LogP contribution in [0.2, 0.25) is 0 Å². The predicted molar refractivity (Wildman–Crippen MR) is 129 cm³/mol. The smallest absolute Gasteiger partial charge is 0.266 e. The topological polar surface area (TPSA) is 38.8 Å². The summed E-state index contributed by atoms with van der Waals surface area (Å²) in [7, 11) is 1.54. The van der Waals surface area contributed by atoms with Crippen molar-refractivity contribution in [2.45, 2.75) is 13.2 Å². The van der Waals surface area contributed by atoms with Crippen molar-refractivity contribution < 1.29 is 18.7 Å². The molecule has 3 aromatic rings. The molecule has 1 amide bonds. The molecule has 3 aromatic carbocycles. The molecule has 1 fully saturated rings. The second-order valence-corrected chi connectivity index (χ2v) is 8.72. The Morgan fingerprint density at radius 2 is 1.78 bits per heavy atom. The van der Waals surface area contributed by atoms with Gasteiger partial charge in [-0.1, -0.05) is 78.6 Å². The number of benzene rings is 3. The number of thiocarbonyl (C=S) groups is 1. The third-order valence-corrected chi connectivity index (χ3v) is 6.26. The number of carbonyl (C=O) groups is 1. The van der Waals surface area contributed by atoms with Gasteiger partial charge in [0.05, 0.1) is 18.6 Å². The molecule has 1 aliphatic heterocycles. The minimum absolute atomic E-state index is 0.0839. The highest BCUT2D eigenvalue weighted by Crippen LogP contribution is 2.35. The quantitative estimate of drug-likeness (QED) is 0.325. The summed E-state index contributed by atoms with van der Waals surface area (Å²) in [6.45, 7) is 0.523. The standard InChI is InChI=1S/C25H20FNO3S2/c1-29-22-13-18(11-12-21(22)30-16-19-9-5-6-10-20(19)26)14-23-24(28)27(25(31)32-23)15-17-7-3-2-4-8-17/h2-14H,15-16H2,1H3/b23-14-. The number of nitrogens with zero attached hydrogens (tertiary/aromatic N) is 1. The van der Waals surface area contributed by atoms with E-state index in [0.717, 1.165) is 11.1 Å². The first-order valence-electron chi connectivity index (χ1n) is 9.88. The van der Waals surface area contributed by atoms with Crippen LogP contribution in [0.15, 0.2) is 77.7 Å². The third kappa shape index (κ3) is 5.00. The summed E-state index contributed by atoms with van der Waals surface area (Å²) >= 11 is 6.70. The number of rotatable bonds is 7. The van der Waals surface area contributed by atoms with Gasteiger partial charge >= 0.3 is 0 Å². The molecule has 0 aromatic heterocycles. The molecule has 4 nitrogen and oxygen atoms in total. The average Bonchev–Trinajstić information content (AvgIpc) is 3.07. The van der Waals surface area contributed by atoms with Crippen LogP contribution in [0.4, 0.5) is 4.39 Å². The fourth-order valence-corrected chi connectivity index (χ4v) is 4.47. The van der Waals surface area contributed by atoms with E-state index in [-0.39, 0.29) is 18.3 Å². The van der Waals surface area contributed by atoms with Crippen LogP contribution in [-0.4, -0.2) is 22.2 Å². The molecule has 4 rings (SSSR count). The van der Waals surface area contributed by atoms with Gasteiger partial charge in [0.1, 0.15) is 16.7 Å². The summed E-state index contributed by atoms with van der Waals surface area (Å²) in [5.41, 5.74) is 2.25. The van der Waals surface area contributed by atoms with Crippen LogP contribution in [0.1, 0.15) is 16.7 Å². The van der Waals surface area contributed by atoms with Crippen molar-refractivity contribution in [1.29, 1.82) is 0 Å². The van der Waals surface area contributed by atoms with E-state index in [1.807, 2.05) is 36.4 Å². The van der Waals surface area contributed by atoms with Crippen molar-refractivity contribution in [1.82, 2.24) is 4.90 Å². The number of halogens is 1. The van der Waals surface area contributed by atoms with E-state index in [0.29, 0.717) is 32.8 Å². The van der Waals surface area contributed by atoms with Crippen LogP contribution in [0.5, 0.6) is 11.5 Å². The molecule has 0 N–H and O–H groups in total. The number of carbonyl (C=O) groups excluding carboxylic acids is 1. The van der Waals surface area contributed by atoms with E-state index < -0.39 is 0 Å². The van der Waals surface area contributed by atoms with Gasteiger partial charge in [0.2, 0.25) is 0 Å². The molecule has 0 radical (unpaired) electrons. The van der Waals surface area contributed by atoms with E-state index in [1.165, 1.54) is 24.9 Å². The van der Waals surface area contributed by atoms with E-state index in [2.05, 4.69) is 0 Å². The molecule has 0 aliphatic carbocycles. The van der Waals surface area contributed by atoms with E-state index >= 15 is 0 Å². The Morgan fingerprint density at radius 1 is 1.03 bits per heavy atom. The maximum absolute atomic E-state index is 13.8. The molecule has 0 spiro atoms. The molecular weight excluding hydrogens is 445 g/mol. The number of thioether (sulfide) groups is 1. The molecule has 32 heavy (non-hydrogen) atoms. The van der Waals surface area contributed by atoms with Gasteiger partial charge in [-0.3, -0.25) is 9.69 Å². The summed E-state index contributed by atoms with van der Waals surface area (Å²) in [5.74, 6) is 0.544. The van der Waals surface area contributed by atoms with Gasteiger partial charge in [0, 0.05) is 5.56 Å². The first-order chi connectivity index (χ1) is 15.5. The Bertz CT molecular complexity index is 1180. The third-order valence-electron chi connectivity index (χ3n) is 4.88. The molecule has 0 saturated carbocycles. The molecule has 0 bridgehead atoms. The van der Waals surface area contributed by atoms with Crippen LogP contribution < -0.4 is 9.47 Å². The minimum atomic E-state index is -0.319. The molecule has 1 heterocycles. The molecular formula is C25H20FNO3S2. The SMILES string of the molecule is COc1cc(/C=C2\SC(=S)N(Cc3ccccc3)C2=O)ccc1OCc1ccccc1F. The normalized spacial score (nSPS) is 14.8. The lowest BCUT2D eigenvalue weighted by atomic mass is 10.1. The summed E-state index contributed by atoms with van der Waals surface area (Å²) in [5, 5.41) is 0. The zero-order valence-corrected chi connectivity index (χ0v) is 18.9.